The number of rotatable bonds is 0. The van der Waals surface area contributed by atoms with Gasteiger partial charge in [0, 0.05) is 5.25 Å². The highest BCUT2D eigenvalue weighted by Gasteiger charge is 2.06. The van der Waals surface area contributed by atoms with Crippen LogP contribution in [0.1, 0.15) is 53.9 Å². The predicted octanol–water partition coefficient (Wildman–Crippen LogP) is 4.34. The van der Waals surface area contributed by atoms with Gasteiger partial charge in [-0.15, -0.1) is 0 Å². The highest BCUT2D eigenvalue weighted by atomic mass is 32.2. The Bertz CT molecular complexity index is 46.8. The summed E-state index contributed by atoms with van der Waals surface area (Å²) in [6, 6.07) is 0. The summed E-state index contributed by atoms with van der Waals surface area (Å²) in [4.78, 5) is 0. The molecule has 0 aromatic carbocycles. The van der Waals surface area contributed by atoms with E-state index in [2.05, 4.69) is 18.7 Å². The van der Waals surface area contributed by atoms with Gasteiger partial charge in [0.15, 0.2) is 0 Å². The minimum Gasteiger partial charge on any atom is -0.159 e. The first-order chi connectivity index (χ1) is 5.39. The standard InChI is InChI=1S/C6H12S.2C2H6/c1-6-4-2-3-5-7-6;2*1-2/h6H,2-5H2,1H3;2*1-2H3. The molecule has 0 saturated carbocycles. The Kier molecular flexibility index (Phi) is 16.4. The van der Waals surface area contributed by atoms with E-state index in [1.807, 2.05) is 27.7 Å². The lowest BCUT2D eigenvalue weighted by molar-refractivity contribution is 0.693. The smallest absolute Gasteiger partial charge is 0.00187 e. The van der Waals surface area contributed by atoms with Crippen molar-refractivity contribution in [1.82, 2.24) is 0 Å². The van der Waals surface area contributed by atoms with Gasteiger partial charge < -0.3 is 0 Å². The Hall–Kier alpha value is 0.350. The van der Waals surface area contributed by atoms with Crippen molar-refractivity contribution < 1.29 is 0 Å². The van der Waals surface area contributed by atoms with Crippen LogP contribution in [0.25, 0.3) is 0 Å². The van der Waals surface area contributed by atoms with E-state index < -0.39 is 0 Å². The summed E-state index contributed by atoms with van der Waals surface area (Å²) in [7, 11) is 0. The lowest BCUT2D eigenvalue weighted by atomic mass is 10.2. The molecule has 0 aromatic heterocycles. The molecule has 11 heavy (non-hydrogen) atoms. The average molecular weight is 176 g/mol. The Labute approximate surface area is 77.2 Å². The zero-order valence-electron chi connectivity index (χ0n) is 8.81. The molecule has 0 spiro atoms. The largest absolute Gasteiger partial charge is 0.159 e. The molecule has 0 nitrogen and oxygen atoms in total. The SMILES string of the molecule is CC.CC.CC1CCCCS1. The van der Waals surface area contributed by atoms with Crippen molar-refractivity contribution in [2.24, 2.45) is 0 Å². The minimum atomic E-state index is 0.953. The van der Waals surface area contributed by atoms with Gasteiger partial charge in [0.25, 0.3) is 0 Å². The van der Waals surface area contributed by atoms with Crippen LogP contribution in [0.15, 0.2) is 0 Å². The van der Waals surface area contributed by atoms with Crippen molar-refractivity contribution in [2.45, 2.75) is 59.1 Å². The molecule has 0 bridgehead atoms. The summed E-state index contributed by atoms with van der Waals surface area (Å²) in [5.41, 5.74) is 0. The third-order valence-electron chi connectivity index (χ3n) is 1.41. The molecule has 0 radical (unpaired) electrons. The van der Waals surface area contributed by atoms with Crippen LogP contribution in [-0.2, 0) is 0 Å². The maximum atomic E-state index is 2.32. The van der Waals surface area contributed by atoms with Gasteiger partial charge in [0.1, 0.15) is 0 Å². The Morgan fingerprint density at radius 1 is 1.00 bits per heavy atom. The van der Waals surface area contributed by atoms with Gasteiger partial charge in [-0.05, 0) is 18.6 Å². The molecule has 1 atom stereocenters. The van der Waals surface area contributed by atoms with E-state index in [1.165, 1.54) is 25.0 Å². The first kappa shape index (κ1) is 13.9. The molecule has 1 fully saturated rings. The molecule has 0 amide bonds. The van der Waals surface area contributed by atoms with Crippen molar-refractivity contribution in [2.75, 3.05) is 5.75 Å². The normalized spacial score (nSPS) is 22.1. The van der Waals surface area contributed by atoms with Crippen molar-refractivity contribution in [3.63, 3.8) is 0 Å². The molecule has 1 heterocycles. The first-order valence-electron chi connectivity index (χ1n) is 5.01. The summed E-state index contributed by atoms with van der Waals surface area (Å²) >= 11 is 2.12. The van der Waals surface area contributed by atoms with Gasteiger partial charge in [-0.2, -0.15) is 11.8 Å². The third kappa shape index (κ3) is 10.4. The van der Waals surface area contributed by atoms with E-state index >= 15 is 0 Å². The molecule has 1 unspecified atom stereocenters. The number of hydrogen-bond acceptors (Lipinski definition) is 1. The second-order valence-corrected chi connectivity index (χ2v) is 3.72. The second kappa shape index (κ2) is 13.0. The fourth-order valence-electron chi connectivity index (χ4n) is 0.902. The van der Waals surface area contributed by atoms with Crippen LogP contribution in [0.2, 0.25) is 0 Å². The van der Waals surface area contributed by atoms with Crippen LogP contribution in [0.5, 0.6) is 0 Å². The zero-order chi connectivity index (χ0) is 9.11. The summed E-state index contributed by atoms with van der Waals surface area (Å²) in [5.74, 6) is 1.40. The maximum absolute atomic E-state index is 2.32. The Morgan fingerprint density at radius 3 is 1.73 bits per heavy atom. The molecule has 1 heteroatoms. The van der Waals surface area contributed by atoms with Crippen LogP contribution in [0.4, 0.5) is 0 Å². The van der Waals surface area contributed by atoms with E-state index in [-0.39, 0.29) is 0 Å². The van der Waals surface area contributed by atoms with Gasteiger partial charge in [-0.1, -0.05) is 41.0 Å². The quantitative estimate of drug-likeness (QED) is 0.529. The third-order valence-corrected chi connectivity index (χ3v) is 2.74. The van der Waals surface area contributed by atoms with Crippen LogP contribution < -0.4 is 0 Å². The van der Waals surface area contributed by atoms with E-state index in [4.69, 9.17) is 0 Å². The molecule has 0 aromatic rings. The topological polar surface area (TPSA) is 0 Å². The van der Waals surface area contributed by atoms with Gasteiger partial charge >= 0.3 is 0 Å². The lowest BCUT2D eigenvalue weighted by Crippen LogP contribution is -2.03. The van der Waals surface area contributed by atoms with Gasteiger partial charge in [-0.25, -0.2) is 0 Å². The molecule has 1 saturated heterocycles. The summed E-state index contributed by atoms with van der Waals surface area (Å²) in [6.07, 6.45) is 4.37. The summed E-state index contributed by atoms with van der Waals surface area (Å²) in [6.45, 7) is 10.3. The molecular weight excluding hydrogens is 152 g/mol. The minimum absolute atomic E-state index is 0.953. The van der Waals surface area contributed by atoms with Crippen molar-refractivity contribution >= 4 is 11.8 Å². The molecular formula is C10H24S. The summed E-state index contributed by atoms with van der Waals surface area (Å²) in [5, 5.41) is 0.953. The van der Waals surface area contributed by atoms with Gasteiger partial charge in [-0.3, -0.25) is 0 Å². The number of hydrogen-bond donors (Lipinski definition) is 0. The van der Waals surface area contributed by atoms with E-state index in [9.17, 15) is 0 Å². The Morgan fingerprint density at radius 2 is 1.55 bits per heavy atom. The van der Waals surface area contributed by atoms with E-state index in [0.29, 0.717) is 0 Å². The molecule has 1 rings (SSSR count). The Balaban J connectivity index is 0. The van der Waals surface area contributed by atoms with Gasteiger partial charge in [0.2, 0.25) is 0 Å². The molecule has 1 aliphatic heterocycles. The van der Waals surface area contributed by atoms with Crippen LogP contribution >= 0.6 is 11.8 Å². The molecule has 1 aliphatic rings. The zero-order valence-corrected chi connectivity index (χ0v) is 9.63. The van der Waals surface area contributed by atoms with Crippen molar-refractivity contribution in [3.8, 4) is 0 Å². The van der Waals surface area contributed by atoms with E-state index in [1.54, 1.807) is 0 Å². The highest BCUT2D eigenvalue weighted by molar-refractivity contribution is 7.99. The lowest BCUT2D eigenvalue weighted by Gasteiger charge is -2.15. The van der Waals surface area contributed by atoms with Gasteiger partial charge in [0.05, 0.1) is 0 Å². The fraction of sp³-hybridized carbons (Fsp3) is 1.00. The molecule has 0 N–H and O–H groups in total. The molecule has 70 valence electrons. The second-order valence-electron chi connectivity index (χ2n) is 2.18. The summed E-state index contributed by atoms with van der Waals surface area (Å²) < 4.78 is 0. The van der Waals surface area contributed by atoms with Crippen molar-refractivity contribution in [1.29, 1.82) is 0 Å². The first-order valence-corrected chi connectivity index (χ1v) is 6.06. The molecule has 0 aliphatic carbocycles. The highest BCUT2D eigenvalue weighted by Crippen LogP contribution is 2.23. The van der Waals surface area contributed by atoms with E-state index in [0.717, 1.165) is 5.25 Å². The van der Waals surface area contributed by atoms with Crippen LogP contribution in [-0.4, -0.2) is 11.0 Å². The number of thioether (sulfide) groups is 1. The fourth-order valence-corrected chi connectivity index (χ4v) is 2.01. The van der Waals surface area contributed by atoms with Crippen LogP contribution in [0.3, 0.4) is 0 Å². The predicted molar refractivity (Wildman–Crippen MR) is 58.5 cm³/mol. The maximum Gasteiger partial charge on any atom is 0.00187 e. The van der Waals surface area contributed by atoms with Crippen molar-refractivity contribution in [3.05, 3.63) is 0 Å². The van der Waals surface area contributed by atoms with Crippen LogP contribution in [0, 0.1) is 0 Å². The average Bonchev–Trinajstić information content (AvgIpc) is 2.13. The monoisotopic (exact) mass is 176 g/mol.